The van der Waals surface area contributed by atoms with Crippen LogP contribution in [0.5, 0.6) is 0 Å². The Morgan fingerprint density at radius 2 is 1.66 bits per heavy atom. The van der Waals surface area contributed by atoms with E-state index in [2.05, 4.69) is 0 Å². The predicted octanol–water partition coefficient (Wildman–Crippen LogP) is 2.54. The lowest BCUT2D eigenvalue weighted by molar-refractivity contribution is -0.149. The van der Waals surface area contributed by atoms with Gasteiger partial charge in [0, 0.05) is 18.3 Å². The molecule has 2 fully saturated rings. The van der Waals surface area contributed by atoms with Gasteiger partial charge in [-0.2, -0.15) is 0 Å². The molecule has 1 saturated heterocycles. The van der Waals surface area contributed by atoms with Gasteiger partial charge in [0.15, 0.2) is 6.61 Å². The van der Waals surface area contributed by atoms with E-state index in [-0.39, 0.29) is 55.2 Å². The fraction of sp³-hybridized carbons (Fsp3) is 0.545. The fourth-order valence-electron chi connectivity index (χ4n) is 4.26. The Morgan fingerprint density at radius 3 is 2.21 bits per heavy atom. The van der Waals surface area contributed by atoms with E-state index in [1.165, 1.54) is 4.90 Å². The van der Waals surface area contributed by atoms with Crippen LogP contribution in [-0.2, 0) is 23.9 Å². The largest absolute Gasteiger partial charge is 0.455 e. The fourth-order valence-corrected chi connectivity index (χ4v) is 4.26. The molecule has 3 amide bonds. The highest BCUT2D eigenvalue weighted by molar-refractivity contribution is 6.05. The monoisotopic (exact) mass is 400 g/mol. The minimum absolute atomic E-state index is 0.0181. The Hall–Kier alpha value is -2.70. The summed E-state index contributed by atoms with van der Waals surface area (Å²) >= 11 is 0. The topological polar surface area (TPSA) is 84.0 Å². The quantitative estimate of drug-likeness (QED) is 0.519. The van der Waals surface area contributed by atoms with Crippen LogP contribution in [0.25, 0.3) is 0 Å². The summed E-state index contributed by atoms with van der Waals surface area (Å²) in [5, 5.41) is 0. The van der Waals surface area contributed by atoms with Gasteiger partial charge in [-0.3, -0.25) is 24.1 Å². The summed E-state index contributed by atoms with van der Waals surface area (Å²) < 4.78 is 5.13. The second-order valence-corrected chi connectivity index (χ2v) is 7.93. The van der Waals surface area contributed by atoms with Crippen LogP contribution >= 0.6 is 0 Å². The Labute approximate surface area is 171 Å². The Kier molecular flexibility index (Phi) is 6.67. The summed E-state index contributed by atoms with van der Waals surface area (Å²) in [4.78, 5) is 52.3. The highest BCUT2D eigenvalue weighted by Crippen LogP contribution is 2.37. The number of fused-ring (bicyclic) bond motifs is 1. The van der Waals surface area contributed by atoms with Gasteiger partial charge in [0.25, 0.3) is 5.91 Å². The van der Waals surface area contributed by atoms with Crippen molar-refractivity contribution in [3.8, 4) is 0 Å². The van der Waals surface area contributed by atoms with Crippen molar-refractivity contribution >= 4 is 29.4 Å². The summed E-state index contributed by atoms with van der Waals surface area (Å²) in [5.41, 5.74) is 0.736. The number of nitrogens with zero attached hydrogens (tertiary/aromatic N) is 2. The first kappa shape index (κ1) is 21.0. The number of para-hydroxylation sites is 1. The molecule has 1 heterocycles. The minimum atomic E-state index is -0.592. The van der Waals surface area contributed by atoms with Gasteiger partial charge in [0.1, 0.15) is 0 Å². The van der Waals surface area contributed by atoms with E-state index in [0.717, 1.165) is 31.4 Å². The number of amides is 3. The van der Waals surface area contributed by atoms with E-state index in [9.17, 15) is 19.2 Å². The number of esters is 1. The molecule has 7 heteroatoms. The van der Waals surface area contributed by atoms with Crippen molar-refractivity contribution in [2.75, 3.05) is 18.1 Å². The number of imide groups is 1. The van der Waals surface area contributed by atoms with Crippen LogP contribution in [0.1, 0.15) is 46.0 Å². The number of likely N-dealkylation sites (tertiary alicyclic amines) is 1. The number of hydrogen-bond acceptors (Lipinski definition) is 5. The third-order valence-electron chi connectivity index (χ3n) is 5.65. The van der Waals surface area contributed by atoms with E-state index in [0.29, 0.717) is 0 Å². The Morgan fingerprint density at radius 1 is 1.07 bits per heavy atom. The molecule has 1 aliphatic carbocycles. The van der Waals surface area contributed by atoms with Crippen LogP contribution in [0.3, 0.4) is 0 Å². The highest BCUT2D eigenvalue weighted by atomic mass is 16.5. The molecular formula is C22H28N2O5. The molecule has 7 nitrogen and oxygen atoms in total. The molecule has 29 heavy (non-hydrogen) atoms. The lowest BCUT2D eigenvalue weighted by atomic mass is 9.81. The van der Waals surface area contributed by atoms with Crippen LogP contribution in [0, 0.1) is 11.8 Å². The van der Waals surface area contributed by atoms with E-state index in [4.69, 9.17) is 4.74 Å². The molecule has 1 aromatic rings. The van der Waals surface area contributed by atoms with Gasteiger partial charge < -0.3 is 9.64 Å². The van der Waals surface area contributed by atoms with Crippen LogP contribution < -0.4 is 4.90 Å². The third kappa shape index (κ3) is 4.66. The second-order valence-electron chi connectivity index (χ2n) is 7.93. The molecule has 0 radical (unpaired) electrons. The van der Waals surface area contributed by atoms with Crippen molar-refractivity contribution in [1.82, 2.24) is 4.90 Å². The zero-order valence-electron chi connectivity index (χ0n) is 17.0. The Balaban J connectivity index is 1.50. The van der Waals surface area contributed by atoms with Crippen molar-refractivity contribution in [3.05, 3.63) is 30.3 Å². The third-order valence-corrected chi connectivity index (χ3v) is 5.65. The normalized spacial score (nSPS) is 21.3. The maximum absolute atomic E-state index is 12.6. The number of carbonyl (C=O) groups excluding carboxylic acids is 4. The van der Waals surface area contributed by atoms with Gasteiger partial charge in [0.05, 0.1) is 18.3 Å². The van der Waals surface area contributed by atoms with E-state index in [1.54, 1.807) is 4.90 Å². The maximum atomic E-state index is 12.6. The van der Waals surface area contributed by atoms with Crippen LogP contribution in [0.15, 0.2) is 30.3 Å². The van der Waals surface area contributed by atoms with Gasteiger partial charge in [-0.15, -0.1) is 0 Å². The van der Waals surface area contributed by atoms with Crippen molar-refractivity contribution in [2.45, 2.75) is 52.0 Å². The molecule has 156 valence electrons. The lowest BCUT2D eigenvalue weighted by Gasteiger charge is -2.26. The molecule has 1 saturated carbocycles. The van der Waals surface area contributed by atoms with Gasteiger partial charge >= 0.3 is 5.97 Å². The zero-order chi connectivity index (χ0) is 21.0. The van der Waals surface area contributed by atoms with Gasteiger partial charge in [-0.25, -0.2) is 0 Å². The molecule has 0 unspecified atom stereocenters. The lowest BCUT2D eigenvalue weighted by Crippen LogP contribution is -2.40. The molecule has 2 atom stereocenters. The number of carbonyl (C=O) groups is 4. The number of benzene rings is 1. The second kappa shape index (κ2) is 9.20. The van der Waals surface area contributed by atoms with Crippen LogP contribution in [-0.4, -0.2) is 47.8 Å². The number of ether oxygens (including phenoxy) is 1. The van der Waals surface area contributed by atoms with E-state index in [1.807, 2.05) is 44.2 Å². The first-order valence-electron chi connectivity index (χ1n) is 10.3. The summed E-state index contributed by atoms with van der Waals surface area (Å²) in [6.07, 6.45) is 3.32. The summed E-state index contributed by atoms with van der Waals surface area (Å²) in [7, 11) is 0. The van der Waals surface area contributed by atoms with Gasteiger partial charge in [0.2, 0.25) is 11.8 Å². The smallest absolute Gasteiger partial charge is 0.308 e. The standard InChI is InChI=1S/C22H28N2O5/c1-15(2)24(16-8-4-3-5-9-16)19(25)14-29-20(26)12-13-23-21(27)17-10-6-7-11-18(17)22(23)28/h3-5,8-9,15,17-18H,6-7,10-14H2,1-2H3/t17-,18-/m1/s1. The molecule has 0 bridgehead atoms. The van der Waals surface area contributed by atoms with Gasteiger partial charge in [-0.1, -0.05) is 31.0 Å². The Bertz CT molecular complexity index is 753. The van der Waals surface area contributed by atoms with E-state index >= 15 is 0 Å². The SMILES string of the molecule is CC(C)N(C(=O)COC(=O)CCN1C(=O)[C@@H]2CCCC[C@H]2C1=O)c1ccccc1. The molecule has 0 spiro atoms. The number of rotatable bonds is 7. The first-order valence-corrected chi connectivity index (χ1v) is 10.3. The zero-order valence-corrected chi connectivity index (χ0v) is 17.0. The van der Waals surface area contributed by atoms with Crippen molar-refractivity contribution in [3.63, 3.8) is 0 Å². The molecular weight excluding hydrogens is 372 g/mol. The summed E-state index contributed by atoms with van der Waals surface area (Å²) in [6.45, 7) is 3.41. The molecule has 0 aromatic heterocycles. The van der Waals surface area contributed by atoms with E-state index < -0.39 is 5.97 Å². The number of anilines is 1. The highest BCUT2D eigenvalue weighted by Gasteiger charge is 2.47. The minimum Gasteiger partial charge on any atom is -0.455 e. The molecule has 2 aliphatic rings. The van der Waals surface area contributed by atoms with Crippen LogP contribution in [0.2, 0.25) is 0 Å². The number of hydrogen-bond donors (Lipinski definition) is 0. The first-order chi connectivity index (χ1) is 13.9. The van der Waals surface area contributed by atoms with Gasteiger partial charge in [-0.05, 0) is 38.8 Å². The maximum Gasteiger partial charge on any atom is 0.308 e. The average molecular weight is 400 g/mol. The molecule has 3 rings (SSSR count). The molecule has 1 aliphatic heterocycles. The molecule has 1 aromatic carbocycles. The van der Waals surface area contributed by atoms with Crippen LogP contribution in [0.4, 0.5) is 5.69 Å². The van der Waals surface area contributed by atoms with Crippen molar-refractivity contribution < 1.29 is 23.9 Å². The van der Waals surface area contributed by atoms with Crippen molar-refractivity contribution in [1.29, 1.82) is 0 Å². The average Bonchev–Trinajstić information content (AvgIpc) is 2.96. The van der Waals surface area contributed by atoms with Crippen molar-refractivity contribution in [2.24, 2.45) is 11.8 Å². The molecule has 0 N–H and O–H groups in total. The summed E-state index contributed by atoms with van der Waals surface area (Å²) in [6, 6.07) is 9.10. The predicted molar refractivity (Wildman–Crippen MR) is 107 cm³/mol. The summed E-state index contributed by atoms with van der Waals surface area (Å²) in [5.74, 6) is -1.69.